The molecule has 0 spiro atoms. The van der Waals surface area contributed by atoms with E-state index in [9.17, 15) is 8.42 Å². The molecular weight excluding hydrogens is 284 g/mol. The number of hydrogen-bond donors (Lipinski definition) is 2. The van der Waals surface area contributed by atoms with Gasteiger partial charge in [0.15, 0.2) is 0 Å². The molecule has 2 rings (SSSR count). The molecule has 1 aromatic rings. The molecule has 0 radical (unpaired) electrons. The highest BCUT2D eigenvalue weighted by molar-refractivity contribution is 7.89. The van der Waals surface area contributed by atoms with E-state index in [0.717, 1.165) is 38.6 Å². The molecule has 0 saturated heterocycles. The van der Waals surface area contributed by atoms with Crippen LogP contribution in [-0.4, -0.2) is 27.0 Å². The highest BCUT2D eigenvalue weighted by Crippen LogP contribution is 2.22. The predicted molar refractivity (Wildman–Crippen MR) is 85.9 cm³/mol. The summed E-state index contributed by atoms with van der Waals surface area (Å²) >= 11 is 0. The number of benzene rings is 1. The van der Waals surface area contributed by atoms with Crippen LogP contribution in [0.25, 0.3) is 0 Å². The topological polar surface area (TPSA) is 58.2 Å². The molecule has 2 N–H and O–H groups in total. The zero-order valence-electron chi connectivity index (χ0n) is 12.9. The maximum atomic E-state index is 12.1. The summed E-state index contributed by atoms with van der Waals surface area (Å²) < 4.78 is 26.9. The summed E-state index contributed by atoms with van der Waals surface area (Å²) in [6.07, 6.45) is 5.05. The van der Waals surface area contributed by atoms with E-state index in [0.29, 0.717) is 10.9 Å². The minimum Gasteiger partial charge on any atom is -0.314 e. The van der Waals surface area contributed by atoms with Crippen LogP contribution in [0.3, 0.4) is 0 Å². The van der Waals surface area contributed by atoms with Gasteiger partial charge in [0.25, 0.3) is 0 Å². The molecule has 118 valence electrons. The van der Waals surface area contributed by atoms with Crippen molar-refractivity contribution in [2.45, 2.75) is 62.9 Å². The van der Waals surface area contributed by atoms with Crippen molar-refractivity contribution in [3.05, 3.63) is 29.8 Å². The van der Waals surface area contributed by atoms with Gasteiger partial charge >= 0.3 is 0 Å². The van der Waals surface area contributed by atoms with Crippen LogP contribution in [0.5, 0.6) is 0 Å². The molecule has 5 heteroatoms. The Labute approximate surface area is 128 Å². The number of sulfonamides is 1. The molecule has 0 aromatic heterocycles. The van der Waals surface area contributed by atoms with E-state index in [1.807, 2.05) is 12.1 Å². The summed E-state index contributed by atoms with van der Waals surface area (Å²) in [5, 5.41) is 3.52. The normalized spacial score (nSPS) is 16.9. The molecule has 4 nitrogen and oxygen atoms in total. The Kier molecular flexibility index (Phi) is 5.79. The first kappa shape index (κ1) is 16.5. The van der Waals surface area contributed by atoms with Crippen LogP contribution in [-0.2, 0) is 16.4 Å². The largest absolute Gasteiger partial charge is 0.314 e. The lowest BCUT2D eigenvalue weighted by atomic mass is 10.0. The second kappa shape index (κ2) is 7.38. The molecule has 1 aromatic carbocycles. The van der Waals surface area contributed by atoms with Crippen LogP contribution >= 0.6 is 0 Å². The van der Waals surface area contributed by atoms with Gasteiger partial charge in [0.05, 0.1) is 4.90 Å². The van der Waals surface area contributed by atoms with Gasteiger partial charge in [-0.05, 0) is 56.3 Å². The quantitative estimate of drug-likeness (QED) is 0.736. The highest BCUT2D eigenvalue weighted by Gasteiger charge is 2.27. The Morgan fingerprint density at radius 1 is 1.19 bits per heavy atom. The van der Waals surface area contributed by atoms with Crippen molar-refractivity contribution in [3.8, 4) is 0 Å². The van der Waals surface area contributed by atoms with Crippen molar-refractivity contribution < 1.29 is 8.42 Å². The summed E-state index contributed by atoms with van der Waals surface area (Å²) in [7, 11) is -3.33. The Hall–Kier alpha value is -0.910. The molecule has 1 fully saturated rings. The molecule has 1 aliphatic rings. The van der Waals surface area contributed by atoms with Gasteiger partial charge in [-0.3, -0.25) is 0 Å². The summed E-state index contributed by atoms with van der Waals surface area (Å²) in [6, 6.07) is 7.89. The van der Waals surface area contributed by atoms with Gasteiger partial charge in [-0.1, -0.05) is 26.0 Å². The van der Waals surface area contributed by atoms with Gasteiger partial charge in [0, 0.05) is 12.1 Å². The lowest BCUT2D eigenvalue weighted by molar-refractivity contribution is 0.494. The molecule has 1 unspecified atom stereocenters. The first-order valence-corrected chi connectivity index (χ1v) is 9.38. The average molecular weight is 310 g/mol. The third-order valence-electron chi connectivity index (χ3n) is 3.79. The van der Waals surface area contributed by atoms with Crippen molar-refractivity contribution >= 4 is 10.0 Å². The maximum Gasteiger partial charge on any atom is 0.240 e. The monoisotopic (exact) mass is 310 g/mol. The molecule has 0 heterocycles. The van der Waals surface area contributed by atoms with Crippen molar-refractivity contribution in [1.29, 1.82) is 0 Å². The van der Waals surface area contributed by atoms with Crippen LogP contribution < -0.4 is 10.0 Å². The third-order valence-corrected chi connectivity index (χ3v) is 5.33. The van der Waals surface area contributed by atoms with Crippen molar-refractivity contribution in [1.82, 2.24) is 10.0 Å². The van der Waals surface area contributed by atoms with E-state index in [4.69, 9.17) is 0 Å². The first-order chi connectivity index (χ1) is 10.0. The zero-order chi connectivity index (χ0) is 15.3. The van der Waals surface area contributed by atoms with Gasteiger partial charge in [-0.25, -0.2) is 13.1 Å². The summed E-state index contributed by atoms with van der Waals surface area (Å²) in [5.41, 5.74) is 1.18. The van der Waals surface area contributed by atoms with Crippen molar-refractivity contribution in [2.75, 3.05) is 6.54 Å². The van der Waals surface area contributed by atoms with Crippen molar-refractivity contribution in [2.24, 2.45) is 0 Å². The van der Waals surface area contributed by atoms with Crippen molar-refractivity contribution in [3.63, 3.8) is 0 Å². The van der Waals surface area contributed by atoms with Crippen LogP contribution in [0, 0.1) is 0 Å². The minimum absolute atomic E-state index is 0.150. The van der Waals surface area contributed by atoms with Gasteiger partial charge in [0.2, 0.25) is 10.0 Å². The van der Waals surface area contributed by atoms with Crippen LogP contribution in [0.4, 0.5) is 0 Å². The summed E-state index contributed by atoms with van der Waals surface area (Å²) in [6.45, 7) is 5.36. The Morgan fingerprint density at radius 2 is 1.86 bits per heavy atom. The lowest BCUT2D eigenvalue weighted by Gasteiger charge is -2.16. The van der Waals surface area contributed by atoms with E-state index in [1.54, 1.807) is 12.1 Å². The highest BCUT2D eigenvalue weighted by atomic mass is 32.2. The Morgan fingerprint density at radius 3 is 2.38 bits per heavy atom. The van der Waals surface area contributed by atoms with E-state index in [-0.39, 0.29) is 6.04 Å². The number of hydrogen-bond acceptors (Lipinski definition) is 3. The van der Waals surface area contributed by atoms with E-state index in [1.165, 1.54) is 5.56 Å². The van der Waals surface area contributed by atoms with Gasteiger partial charge in [-0.2, -0.15) is 0 Å². The average Bonchev–Trinajstić information content (AvgIpc) is 3.27. The molecule has 21 heavy (non-hydrogen) atoms. The van der Waals surface area contributed by atoms with Crippen LogP contribution in [0.1, 0.15) is 45.1 Å². The van der Waals surface area contributed by atoms with Gasteiger partial charge < -0.3 is 5.32 Å². The fraction of sp³-hybridized carbons (Fsp3) is 0.625. The fourth-order valence-electron chi connectivity index (χ4n) is 2.29. The van der Waals surface area contributed by atoms with Gasteiger partial charge in [0.1, 0.15) is 0 Å². The van der Waals surface area contributed by atoms with E-state index < -0.39 is 10.0 Å². The Balaban J connectivity index is 1.97. The lowest BCUT2D eigenvalue weighted by Crippen LogP contribution is -2.31. The van der Waals surface area contributed by atoms with E-state index in [2.05, 4.69) is 23.9 Å². The predicted octanol–water partition coefficient (Wildman–Crippen LogP) is 2.45. The molecule has 1 saturated carbocycles. The molecule has 0 aliphatic heterocycles. The standard InChI is InChI=1S/C16H26N2O2S/c1-3-11-17-14(4-2)12-13-5-9-16(10-6-13)21(19,20)18-15-7-8-15/h5-6,9-10,14-15,17-18H,3-4,7-8,11-12H2,1-2H3. The molecular formula is C16H26N2O2S. The SMILES string of the molecule is CCCNC(CC)Cc1ccc(S(=O)(=O)NC2CC2)cc1. The minimum atomic E-state index is -3.33. The second-order valence-corrected chi connectivity index (χ2v) is 7.52. The molecule has 0 amide bonds. The first-order valence-electron chi connectivity index (χ1n) is 7.89. The molecule has 0 bridgehead atoms. The van der Waals surface area contributed by atoms with Crippen LogP contribution in [0.15, 0.2) is 29.2 Å². The Bertz CT molecular complexity index is 536. The zero-order valence-corrected chi connectivity index (χ0v) is 13.7. The number of rotatable bonds is 9. The smallest absolute Gasteiger partial charge is 0.240 e. The fourth-order valence-corrected chi connectivity index (χ4v) is 3.59. The number of nitrogens with one attached hydrogen (secondary N) is 2. The summed E-state index contributed by atoms with van der Waals surface area (Å²) in [4.78, 5) is 0.368. The molecule has 1 aliphatic carbocycles. The third kappa shape index (κ3) is 5.09. The molecule has 1 atom stereocenters. The second-order valence-electron chi connectivity index (χ2n) is 5.80. The summed E-state index contributed by atoms with van der Waals surface area (Å²) in [5.74, 6) is 0. The van der Waals surface area contributed by atoms with Crippen LogP contribution in [0.2, 0.25) is 0 Å². The van der Waals surface area contributed by atoms with Gasteiger partial charge in [-0.15, -0.1) is 0 Å². The van der Waals surface area contributed by atoms with E-state index >= 15 is 0 Å². The maximum absolute atomic E-state index is 12.1.